The number of nitrogens with zero attached hydrogens (tertiary/aromatic N) is 2. The molecule has 24 heavy (non-hydrogen) atoms. The van der Waals surface area contributed by atoms with Crippen LogP contribution >= 0.6 is 15.9 Å². The summed E-state index contributed by atoms with van der Waals surface area (Å²) in [7, 11) is 0. The highest BCUT2D eigenvalue weighted by Crippen LogP contribution is 2.24. The highest BCUT2D eigenvalue weighted by atomic mass is 79.9. The first-order valence-electron chi connectivity index (χ1n) is 7.95. The summed E-state index contributed by atoms with van der Waals surface area (Å²) in [6.07, 6.45) is 1.02. The lowest BCUT2D eigenvalue weighted by molar-refractivity contribution is 0.954. The van der Waals surface area contributed by atoms with Crippen LogP contribution in [-0.2, 0) is 0 Å². The van der Waals surface area contributed by atoms with Crippen LogP contribution in [0.5, 0.6) is 0 Å². The van der Waals surface area contributed by atoms with Gasteiger partial charge in [-0.2, -0.15) is 4.98 Å². The molecule has 2 aromatic carbocycles. The minimum atomic E-state index is 0.637. The predicted molar refractivity (Wildman–Crippen MR) is 104 cm³/mol. The van der Waals surface area contributed by atoms with Crippen LogP contribution in [0, 0.1) is 0 Å². The number of nitrogens with one attached hydrogen (secondary N) is 2. The Bertz CT molecular complexity index is 788. The van der Waals surface area contributed by atoms with Gasteiger partial charge in [0.2, 0.25) is 5.95 Å². The lowest BCUT2D eigenvalue weighted by Crippen LogP contribution is -2.06. The molecule has 3 rings (SSSR count). The van der Waals surface area contributed by atoms with Crippen molar-refractivity contribution in [1.82, 2.24) is 9.97 Å². The molecule has 0 radical (unpaired) electrons. The average Bonchev–Trinajstić information content (AvgIpc) is 2.62. The number of hydrogen-bond donors (Lipinski definition) is 2. The summed E-state index contributed by atoms with van der Waals surface area (Å²) in [6, 6.07) is 20.1. The molecular weight excluding hydrogens is 364 g/mol. The Morgan fingerprint density at radius 2 is 1.71 bits per heavy atom. The predicted octanol–water partition coefficient (Wildman–Crippen LogP) is 5.47. The van der Waals surface area contributed by atoms with Crippen LogP contribution in [0.4, 0.5) is 17.5 Å². The Balaban J connectivity index is 1.93. The van der Waals surface area contributed by atoms with Crippen molar-refractivity contribution >= 4 is 33.4 Å². The summed E-state index contributed by atoms with van der Waals surface area (Å²) < 4.78 is 1.05. The fraction of sp³-hybridized carbons (Fsp3) is 0.158. The van der Waals surface area contributed by atoms with Gasteiger partial charge in [-0.1, -0.05) is 53.2 Å². The van der Waals surface area contributed by atoms with E-state index in [1.807, 2.05) is 48.5 Å². The average molecular weight is 383 g/mol. The van der Waals surface area contributed by atoms with Crippen molar-refractivity contribution in [3.63, 3.8) is 0 Å². The Morgan fingerprint density at radius 3 is 2.42 bits per heavy atom. The molecule has 0 aliphatic rings. The van der Waals surface area contributed by atoms with Crippen LogP contribution < -0.4 is 10.6 Å². The van der Waals surface area contributed by atoms with Crippen molar-refractivity contribution in [2.45, 2.75) is 13.3 Å². The van der Waals surface area contributed by atoms with Crippen molar-refractivity contribution < 1.29 is 0 Å². The number of halogens is 1. The van der Waals surface area contributed by atoms with E-state index in [9.17, 15) is 0 Å². The smallest absolute Gasteiger partial charge is 0.225 e. The molecule has 5 heteroatoms. The van der Waals surface area contributed by atoms with E-state index in [4.69, 9.17) is 0 Å². The molecule has 122 valence electrons. The highest BCUT2D eigenvalue weighted by molar-refractivity contribution is 9.10. The number of benzene rings is 2. The maximum Gasteiger partial charge on any atom is 0.225 e. The van der Waals surface area contributed by atoms with Crippen LogP contribution in [0.3, 0.4) is 0 Å². The number of anilines is 3. The molecule has 2 N–H and O–H groups in total. The maximum absolute atomic E-state index is 4.63. The van der Waals surface area contributed by atoms with Gasteiger partial charge >= 0.3 is 0 Å². The molecule has 0 unspecified atom stereocenters. The molecule has 3 aromatic rings. The Kier molecular flexibility index (Phi) is 5.43. The van der Waals surface area contributed by atoms with E-state index in [0.29, 0.717) is 5.95 Å². The second kappa shape index (κ2) is 7.93. The van der Waals surface area contributed by atoms with Gasteiger partial charge < -0.3 is 10.6 Å². The van der Waals surface area contributed by atoms with Crippen LogP contribution in [0.2, 0.25) is 0 Å². The summed E-state index contributed by atoms with van der Waals surface area (Å²) >= 11 is 3.45. The largest absolute Gasteiger partial charge is 0.354 e. The van der Waals surface area contributed by atoms with Gasteiger partial charge in [0.1, 0.15) is 5.82 Å². The van der Waals surface area contributed by atoms with Gasteiger partial charge in [0, 0.05) is 28.3 Å². The molecule has 0 saturated heterocycles. The van der Waals surface area contributed by atoms with Crippen LogP contribution in [-0.4, -0.2) is 16.5 Å². The summed E-state index contributed by atoms with van der Waals surface area (Å²) in [4.78, 5) is 9.20. The molecule has 0 aliphatic carbocycles. The molecule has 0 fully saturated rings. The molecule has 1 heterocycles. The van der Waals surface area contributed by atoms with Gasteiger partial charge in [-0.25, -0.2) is 4.98 Å². The van der Waals surface area contributed by atoms with E-state index < -0.39 is 0 Å². The minimum absolute atomic E-state index is 0.637. The molecule has 0 saturated carbocycles. The third-order valence-electron chi connectivity index (χ3n) is 3.45. The quantitative estimate of drug-likeness (QED) is 0.593. The molecule has 0 amide bonds. The third-order valence-corrected chi connectivity index (χ3v) is 3.97. The summed E-state index contributed by atoms with van der Waals surface area (Å²) in [6.45, 7) is 2.96. The van der Waals surface area contributed by atoms with E-state index in [0.717, 1.165) is 40.2 Å². The lowest BCUT2D eigenvalue weighted by Gasteiger charge is -2.11. The first-order valence-corrected chi connectivity index (χ1v) is 8.75. The zero-order chi connectivity index (χ0) is 16.8. The molecule has 4 nitrogen and oxygen atoms in total. The van der Waals surface area contributed by atoms with E-state index >= 15 is 0 Å². The number of aromatic nitrogens is 2. The van der Waals surface area contributed by atoms with Gasteiger partial charge in [0.05, 0.1) is 5.69 Å². The first-order chi connectivity index (χ1) is 11.7. The Morgan fingerprint density at radius 1 is 0.958 bits per heavy atom. The normalized spacial score (nSPS) is 10.4. The summed E-state index contributed by atoms with van der Waals surface area (Å²) in [5.41, 5.74) is 2.94. The number of hydrogen-bond acceptors (Lipinski definition) is 4. The van der Waals surface area contributed by atoms with Gasteiger partial charge in [0.25, 0.3) is 0 Å². The molecule has 0 spiro atoms. The van der Waals surface area contributed by atoms with Gasteiger partial charge in [-0.05, 0) is 30.7 Å². The molecule has 1 aromatic heterocycles. The van der Waals surface area contributed by atoms with E-state index in [2.05, 4.69) is 55.6 Å². The van der Waals surface area contributed by atoms with Gasteiger partial charge in [0.15, 0.2) is 0 Å². The van der Waals surface area contributed by atoms with Crippen LogP contribution in [0.15, 0.2) is 65.1 Å². The molecular formula is C19H19BrN4. The van der Waals surface area contributed by atoms with Gasteiger partial charge in [-0.3, -0.25) is 0 Å². The third kappa shape index (κ3) is 4.32. The van der Waals surface area contributed by atoms with Crippen molar-refractivity contribution in [2.75, 3.05) is 17.2 Å². The van der Waals surface area contributed by atoms with Gasteiger partial charge in [-0.15, -0.1) is 0 Å². The zero-order valence-corrected chi connectivity index (χ0v) is 15.0. The van der Waals surface area contributed by atoms with Crippen molar-refractivity contribution in [2.24, 2.45) is 0 Å². The SMILES string of the molecule is CCCNc1nc(Nc2ccc(Br)cc2)cc(-c2ccccc2)n1. The van der Waals surface area contributed by atoms with E-state index in [1.165, 1.54) is 0 Å². The summed E-state index contributed by atoms with van der Waals surface area (Å²) in [5, 5.41) is 6.62. The standard InChI is InChI=1S/C19H19BrN4/c1-2-12-21-19-23-17(14-6-4-3-5-7-14)13-18(24-19)22-16-10-8-15(20)9-11-16/h3-11,13H,2,12H2,1H3,(H2,21,22,23,24). The molecule has 0 bridgehead atoms. The van der Waals surface area contributed by atoms with Crippen molar-refractivity contribution in [3.05, 3.63) is 65.1 Å². The fourth-order valence-electron chi connectivity index (χ4n) is 2.27. The summed E-state index contributed by atoms with van der Waals surface area (Å²) in [5.74, 6) is 1.41. The molecule has 0 atom stereocenters. The maximum atomic E-state index is 4.63. The Labute approximate surface area is 150 Å². The fourth-order valence-corrected chi connectivity index (χ4v) is 2.53. The number of rotatable bonds is 6. The molecule has 0 aliphatic heterocycles. The zero-order valence-electron chi connectivity index (χ0n) is 13.5. The first kappa shape index (κ1) is 16.5. The second-order valence-corrected chi connectivity index (χ2v) is 6.30. The minimum Gasteiger partial charge on any atom is -0.354 e. The van der Waals surface area contributed by atoms with E-state index in [-0.39, 0.29) is 0 Å². The van der Waals surface area contributed by atoms with Crippen molar-refractivity contribution in [3.8, 4) is 11.3 Å². The van der Waals surface area contributed by atoms with Crippen molar-refractivity contribution in [1.29, 1.82) is 0 Å². The topological polar surface area (TPSA) is 49.8 Å². The second-order valence-electron chi connectivity index (χ2n) is 5.39. The lowest BCUT2D eigenvalue weighted by atomic mass is 10.1. The Hall–Kier alpha value is -2.40. The van der Waals surface area contributed by atoms with Crippen LogP contribution in [0.1, 0.15) is 13.3 Å². The van der Waals surface area contributed by atoms with E-state index in [1.54, 1.807) is 0 Å². The van der Waals surface area contributed by atoms with Crippen LogP contribution in [0.25, 0.3) is 11.3 Å². The highest BCUT2D eigenvalue weighted by Gasteiger charge is 2.07. The monoisotopic (exact) mass is 382 g/mol.